The molecule has 0 saturated carbocycles. The van der Waals surface area contributed by atoms with Crippen LogP contribution in [0.15, 0.2) is 12.3 Å². The van der Waals surface area contributed by atoms with Crippen molar-refractivity contribution >= 4 is 0 Å². The zero-order chi connectivity index (χ0) is 9.14. The quantitative estimate of drug-likeness (QED) is 0.654. The molecule has 1 aliphatic rings. The van der Waals surface area contributed by atoms with Crippen LogP contribution in [0.2, 0.25) is 0 Å². The Kier molecular flexibility index (Phi) is 3.15. The Balaban J connectivity index is 2.46. The Morgan fingerprint density at radius 2 is 2.33 bits per heavy atom. The standard InChI is InChI=1S/C10H19NO/c1-8(2)7-11-6-4-5-10(11)9(3)12/h8,10,12H,3-7H2,1-2H3/t10-/m0/s1. The van der Waals surface area contributed by atoms with Gasteiger partial charge < -0.3 is 5.11 Å². The Bertz CT molecular complexity index is 165. The first kappa shape index (κ1) is 9.59. The maximum Gasteiger partial charge on any atom is 0.102 e. The number of aliphatic hydroxyl groups excluding tert-OH is 1. The third-order valence-electron chi connectivity index (χ3n) is 2.35. The van der Waals surface area contributed by atoms with E-state index in [4.69, 9.17) is 0 Å². The maximum absolute atomic E-state index is 9.30. The third kappa shape index (κ3) is 2.24. The van der Waals surface area contributed by atoms with Crippen LogP contribution >= 0.6 is 0 Å². The van der Waals surface area contributed by atoms with Crippen molar-refractivity contribution in [2.75, 3.05) is 13.1 Å². The summed E-state index contributed by atoms with van der Waals surface area (Å²) in [7, 11) is 0. The molecule has 12 heavy (non-hydrogen) atoms. The van der Waals surface area contributed by atoms with E-state index in [2.05, 4.69) is 25.3 Å². The van der Waals surface area contributed by atoms with Gasteiger partial charge in [0.15, 0.2) is 0 Å². The number of hydrogen-bond donors (Lipinski definition) is 1. The second-order valence-electron chi connectivity index (χ2n) is 4.04. The molecule has 1 aliphatic heterocycles. The summed E-state index contributed by atoms with van der Waals surface area (Å²) in [6.45, 7) is 10.2. The molecule has 0 amide bonds. The summed E-state index contributed by atoms with van der Waals surface area (Å²) < 4.78 is 0. The number of aliphatic hydroxyl groups is 1. The lowest BCUT2D eigenvalue weighted by Crippen LogP contribution is -2.33. The van der Waals surface area contributed by atoms with Crippen LogP contribution in [0.3, 0.4) is 0 Å². The van der Waals surface area contributed by atoms with Crippen LogP contribution in [0.5, 0.6) is 0 Å². The minimum Gasteiger partial charge on any atom is -0.511 e. The Morgan fingerprint density at radius 3 is 2.83 bits per heavy atom. The Hall–Kier alpha value is -0.500. The predicted octanol–water partition coefficient (Wildman–Crippen LogP) is 2.18. The first-order valence-electron chi connectivity index (χ1n) is 4.73. The zero-order valence-electron chi connectivity index (χ0n) is 8.08. The van der Waals surface area contributed by atoms with E-state index in [0.717, 1.165) is 19.5 Å². The van der Waals surface area contributed by atoms with Crippen LogP contribution in [-0.2, 0) is 0 Å². The van der Waals surface area contributed by atoms with Crippen molar-refractivity contribution in [3.05, 3.63) is 12.3 Å². The lowest BCUT2D eigenvalue weighted by Gasteiger charge is -2.24. The third-order valence-corrected chi connectivity index (χ3v) is 2.35. The molecule has 70 valence electrons. The van der Waals surface area contributed by atoms with Crippen LogP contribution < -0.4 is 0 Å². The van der Waals surface area contributed by atoms with Crippen molar-refractivity contribution < 1.29 is 5.11 Å². The molecule has 1 saturated heterocycles. The molecular weight excluding hydrogens is 150 g/mol. The highest BCUT2D eigenvalue weighted by Crippen LogP contribution is 2.22. The van der Waals surface area contributed by atoms with Crippen molar-refractivity contribution in [1.29, 1.82) is 0 Å². The van der Waals surface area contributed by atoms with Crippen LogP contribution in [0.25, 0.3) is 0 Å². The average molecular weight is 169 g/mol. The number of hydrogen-bond acceptors (Lipinski definition) is 2. The molecule has 1 N–H and O–H groups in total. The average Bonchev–Trinajstić information content (AvgIpc) is 2.33. The van der Waals surface area contributed by atoms with Crippen LogP contribution in [0, 0.1) is 5.92 Å². The summed E-state index contributed by atoms with van der Waals surface area (Å²) in [6.07, 6.45) is 2.26. The fourth-order valence-corrected chi connectivity index (χ4v) is 1.89. The summed E-state index contributed by atoms with van der Waals surface area (Å²) in [4.78, 5) is 2.33. The molecule has 0 unspecified atom stereocenters. The number of likely N-dealkylation sites (tertiary alicyclic amines) is 1. The summed E-state index contributed by atoms with van der Waals surface area (Å²) in [6, 6.07) is 0.229. The monoisotopic (exact) mass is 169 g/mol. The fourth-order valence-electron chi connectivity index (χ4n) is 1.89. The van der Waals surface area contributed by atoms with Gasteiger partial charge in [0.1, 0.15) is 5.76 Å². The van der Waals surface area contributed by atoms with Gasteiger partial charge in [-0.1, -0.05) is 20.4 Å². The van der Waals surface area contributed by atoms with E-state index in [0.29, 0.717) is 11.7 Å². The van der Waals surface area contributed by atoms with E-state index < -0.39 is 0 Å². The van der Waals surface area contributed by atoms with Gasteiger partial charge in [-0.15, -0.1) is 0 Å². The first-order valence-corrected chi connectivity index (χ1v) is 4.73. The van der Waals surface area contributed by atoms with Gasteiger partial charge in [0.2, 0.25) is 0 Å². The minimum atomic E-state index is 0.229. The fraction of sp³-hybridized carbons (Fsp3) is 0.800. The van der Waals surface area contributed by atoms with Crippen molar-refractivity contribution in [1.82, 2.24) is 4.90 Å². The molecule has 1 heterocycles. The lowest BCUT2D eigenvalue weighted by molar-refractivity contribution is 0.203. The van der Waals surface area contributed by atoms with E-state index >= 15 is 0 Å². The van der Waals surface area contributed by atoms with Gasteiger partial charge >= 0.3 is 0 Å². The van der Waals surface area contributed by atoms with Gasteiger partial charge in [0, 0.05) is 6.54 Å². The molecule has 0 aromatic rings. The van der Waals surface area contributed by atoms with Gasteiger partial charge in [0.25, 0.3) is 0 Å². The number of rotatable bonds is 3. The van der Waals surface area contributed by atoms with Crippen LogP contribution in [0.4, 0.5) is 0 Å². The van der Waals surface area contributed by atoms with Crippen LogP contribution in [0.1, 0.15) is 26.7 Å². The second-order valence-corrected chi connectivity index (χ2v) is 4.04. The van der Waals surface area contributed by atoms with E-state index in [1.807, 2.05) is 0 Å². The van der Waals surface area contributed by atoms with Crippen molar-refractivity contribution in [3.63, 3.8) is 0 Å². The van der Waals surface area contributed by atoms with Crippen molar-refractivity contribution in [2.24, 2.45) is 5.92 Å². The first-order chi connectivity index (χ1) is 5.61. The highest BCUT2D eigenvalue weighted by molar-refractivity contribution is 4.99. The molecule has 0 aliphatic carbocycles. The topological polar surface area (TPSA) is 23.5 Å². The lowest BCUT2D eigenvalue weighted by atomic mass is 10.1. The normalized spacial score (nSPS) is 25.1. The molecule has 1 fully saturated rings. The highest BCUT2D eigenvalue weighted by Gasteiger charge is 2.26. The minimum absolute atomic E-state index is 0.229. The highest BCUT2D eigenvalue weighted by atomic mass is 16.3. The van der Waals surface area contributed by atoms with Gasteiger partial charge in [-0.3, -0.25) is 4.90 Å². The molecular formula is C10H19NO. The predicted molar refractivity (Wildman–Crippen MR) is 51.2 cm³/mol. The van der Waals surface area contributed by atoms with E-state index in [1.165, 1.54) is 6.42 Å². The van der Waals surface area contributed by atoms with E-state index in [9.17, 15) is 5.11 Å². The van der Waals surface area contributed by atoms with E-state index in [-0.39, 0.29) is 6.04 Å². The largest absolute Gasteiger partial charge is 0.511 e. The molecule has 0 aromatic carbocycles. The Morgan fingerprint density at radius 1 is 1.67 bits per heavy atom. The molecule has 2 heteroatoms. The van der Waals surface area contributed by atoms with Gasteiger partial charge in [-0.2, -0.15) is 0 Å². The van der Waals surface area contributed by atoms with Gasteiger partial charge in [-0.25, -0.2) is 0 Å². The smallest absolute Gasteiger partial charge is 0.102 e. The summed E-state index contributed by atoms with van der Waals surface area (Å²) >= 11 is 0. The van der Waals surface area contributed by atoms with Gasteiger partial charge in [0.05, 0.1) is 6.04 Å². The SMILES string of the molecule is C=C(O)[C@@H]1CCCN1CC(C)C. The summed E-state index contributed by atoms with van der Waals surface area (Å²) in [5, 5.41) is 9.30. The summed E-state index contributed by atoms with van der Waals surface area (Å²) in [5.74, 6) is 1.01. The molecule has 0 spiro atoms. The molecule has 0 radical (unpaired) electrons. The molecule has 0 aromatic heterocycles. The van der Waals surface area contributed by atoms with Gasteiger partial charge in [-0.05, 0) is 25.3 Å². The van der Waals surface area contributed by atoms with Crippen LogP contribution in [-0.4, -0.2) is 29.1 Å². The molecule has 1 atom stereocenters. The molecule has 1 rings (SSSR count). The second kappa shape index (κ2) is 3.94. The zero-order valence-corrected chi connectivity index (χ0v) is 8.08. The summed E-state index contributed by atoms with van der Waals surface area (Å²) in [5.41, 5.74) is 0. The maximum atomic E-state index is 9.30. The molecule has 0 bridgehead atoms. The van der Waals surface area contributed by atoms with Crippen molar-refractivity contribution in [2.45, 2.75) is 32.7 Å². The number of nitrogens with zero attached hydrogens (tertiary/aromatic N) is 1. The van der Waals surface area contributed by atoms with E-state index in [1.54, 1.807) is 0 Å². The molecule has 2 nitrogen and oxygen atoms in total. The van der Waals surface area contributed by atoms with Crippen molar-refractivity contribution in [3.8, 4) is 0 Å². The Labute approximate surface area is 74.9 Å².